The topological polar surface area (TPSA) is 52.6 Å². The highest BCUT2D eigenvalue weighted by atomic mass is 16.3. The molecule has 0 radical (unpaired) electrons. The molecule has 1 saturated carbocycles. The molecule has 2 amide bonds. The second-order valence-electron chi connectivity index (χ2n) is 7.31. The van der Waals surface area contributed by atoms with Crippen LogP contribution >= 0.6 is 0 Å². The third-order valence-electron chi connectivity index (χ3n) is 5.87. The van der Waals surface area contributed by atoms with Crippen LogP contribution in [0.1, 0.15) is 58.8 Å². The highest BCUT2D eigenvalue weighted by Gasteiger charge is 2.34. The zero-order chi connectivity index (χ0) is 15.3. The second-order valence-corrected chi connectivity index (χ2v) is 7.31. The van der Waals surface area contributed by atoms with Gasteiger partial charge in [-0.1, -0.05) is 26.7 Å². The van der Waals surface area contributed by atoms with Gasteiger partial charge in [0, 0.05) is 26.2 Å². The fourth-order valence-corrected chi connectivity index (χ4v) is 3.68. The van der Waals surface area contributed by atoms with Gasteiger partial charge in [0.2, 0.25) is 0 Å². The molecule has 0 unspecified atom stereocenters. The van der Waals surface area contributed by atoms with Crippen molar-refractivity contribution in [2.75, 3.05) is 26.2 Å². The van der Waals surface area contributed by atoms with Crippen LogP contribution in [0.25, 0.3) is 0 Å². The number of nitrogens with zero attached hydrogens (tertiary/aromatic N) is 1. The van der Waals surface area contributed by atoms with Gasteiger partial charge in [0.1, 0.15) is 0 Å². The summed E-state index contributed by atoms with van der Waals surface area (Å²) in [6.07, 6.45) is 7.97. The van der Waals surface area contributed by atoms with E-state index in [4.69, 9.17) is 0 Å². The predicted octanol–water partition coefficient (Wildman–Crippen LogP) is 3.01. The number of hydrogen-bond donors (Lipinski definition) is 2. The Morgan fingerprint density at radius 3 is 2.38 bits per heavy atom. The first-order valence-electron chi connectivity index (χ1n) is 8.72. The average Bonchev–Trinajstić information content (AvgIpc) is 2.54. The van der Waals surface area contributed by atoms with Crippen LogP contribution < -0.4 is 5.32 Å². The van der Waals surface area contributed by atoms with E-state index in [0.29, 0.717) is 5.92 Å². The lowest BCUT2D eigenvalue weighted by atomic mass is 9.77. The van der Waals surface area contributed by atoms with Crippen LogP contribution in [0.15, 0.2) is 0 Å². The van der Waals surface area contributed by atoms with E-state index in [-0.39, 0.29) is 18.1 Å². The summed E-state index contributed by atoms with van der Waals surface area (Å²) in [7, 11) is 0. The van der Waals surface area contributed by atoms with E-state index in [1.807, 2.05) is 4.90 Å². The summed E-state index contributed by atoms with van der Waals surface area (Å²) in [4.78, 5) is 14.2. The van der Waals surface area contributed by atoms with Crippen LogP contribution in [0, 0.1) is 17.3 Å². The van der Waals surface area contributed by atoms with Crippen LogP contribution in [0.5, 0.6) is 0 Å². The molecule has 1 aliphatic heterocycles. The standard InChI is InChI=1S/C17H32N2O2/c1-3-17(13-20)8-10-19(11-9-17)16(21)18-12-15-6-4-14(2)5-7-15/h14-15,20H,3-13H2,1-2H3,(H,18,21). The summed E-state index contributed by atoms with van der Waals surface area (Å²) in [6, 6.07) is 0.0938. The molecule has 2 rings (SSSR count). The lowest BCUT2D eigenvalue weighted by Gasteiger charge is -2.40. The van der Waals surface area contributed by atoms with Crippen LogP contribution in [0.2, 0.25) is 0 Å². The number of piperidine rings is 1. The largest absolute Gasteiger partial charge is 0.396 e. The smallest absolute Gasteiger partial charge is 0.317 e. The molecule has 2 N–H and O–H groups in total. The normalized spacial score (nSPS) is 29.2. The molecule has 2 aliphatic rings. The number of hydrogen-bond acceptors (Lipinski definition) is 2. The van der Waals surface area contributed by atoms with Crippen LogP contribution in [-0.2, 0) is 0 Å². The van der Waals surface area contributed by atoms with Gasteiger partial charge in [-0.05, 0) is 49.4 Å². The second kappa shape index (κ2) is 7.48. The zero-order valence-electron chi connectivity index (χ0n) is 13.7. The molecule has 0 aromatic rings. The SMILES string of the molecule is CCC1(CO)CCN(C(=O)NCC2CCC(C)CC2)CC1. The van der Waals surface area contributed by atoms with Crippen molar-refractivity contribution in [3.05, 3.63) is 0 Å². The molecule has 0 atom stereocenters. The minimum Gasteiger partial charge on any atom is -0.396 e. The number of urea groups is 1. The molecule has 1 saturated heterocycles. The zero-order valence-corrected chi connectivity index (χ0v) is 13.7. The van der Waals surface area contributed by atoms with Crippen molar-refractivity contribution in [3.63, 3.8) is 0 Å². The molecule has 122 valence electrons. The van der Waals surface area contributed by atoms with E-state index in [0.717, 1.165) is 44.8 Å². The van der Waals surface area contributed by atoms with E-state index in [2.05, 4.69) is 19.2 Å². The van der Waals surface area contributed by atoms with E-state index >= 15 is 0 Å². The molecule has 21 heavy (non-hydrogen) atoms. The maximum Gasteiger partial charge on any atom is 0.317 e. The molecule has 1 heterocycles. The monoisotopic (exact) mass is 296 g/mol. The predicted molar refractivity (Wildman–Crippen MR) is 85.1 cm³/mol. The third kappa shape index (κ3) is 4.35. The van der Waals surface area contributed by atoms with Crippen molar-refractivity contribution in [1.82, 2.24) is 10.2 Å². The van der Waals surface area contributed by atoms with Crippen LogP contribution in [-0.4, -0.2) is 42.3 Å². The van der Waals surface area contributed by atoms with Gasteiger partial charge in [-0.2, -0.15) is 0 Å². The number of likely N-dealkylation sites (tertiary alicyclic amines) is 1. The Bertz CT molecular complexity index is 324. The van der Waals surface area contributed by atoms with Crippen LogP contribution in [0.4, 0.5) is 4.79 Å². The Morgan fingerprint density at radius 2 is 1.86 bits per heavy atom. The van der Waals surface area contributed by atoms with E-state index in [9.17, 15) is 9.90 Å². The van der Waals surface area contributed by atoms with Gasteiger partial charge in [-0.15, -0.1) is 0 Å². The Kier molecular flexibility index (Phi) is 5.91. The summed E-state index contributed by atoms with van der Waals surface area (Å²) in [5.41, 5.74) is 0.0519. The van der Waals surface area contributed by atoms with Crippen molar-refractivity contribution < 1.29 is 9.90 Å². The van der Waals surface area contributed by atoms with Gasteiger partial charge in [0.15, 0.2) is 0 Å². The fraction of sp³-hybridized carbons (Fsp3) is 0.941. The maximum atomic E-state index is 12.2. The molecule has 4 heteroatoms. The number of carbonyl (C=O) groups is 1. The Labute approximate surface area is 129 Å². The first-order valence-corrected chi connectivity index (χ1v) is 8.72. The number of aliphatic hydroxyl groups is 1. The number of amides is 2. The lowest BCUT2D eigenvalue weighted by Crippen LogP contribution is -2.49. The molecule has 0 bridgehead atoms. The number of aliphatic hydroxyl groups excluding tert-OH is 1. The summed E-state index contributed by atoms with van der Waals surface area (Å²) >= 11 is 0. The quantitative estimate of drug-likeness (QED) is 0.838. The molecule has 0 spiro atoms. The van der Waals surface area contributed by atoms with Gasteiger partial charge in [-0.3, -0.25) is 0 Å². The number of carbonyl (C=O) groups excluding carboxylic acids is 1. The van der Waals surface area contributed by atoms with Gasteiger partial charge in [0.05, 0.1) is 0 Å². The number of rotatable bonds is 4. The van der Waals surface area contributed by atoms with Gasteiger partial charge in [0.25, 0.3) is 0 Å². The lowest BCUT2D eigenvalue weighted by molar-refractivity contribution is 0.0517. The Morgan fingerprint density at radius 1 is 1.24 bits per heavy atom. The number of nitrogens with one attached hydrogen (secondary N) is 1. The molecule has 4 nitrogen and oxygen atoms in total. The van der Waals surface area contributed by atoms with Crippen molar-refractivity contribution in [2.24, 2.45) is 17.3 Å². The molecular weight excluding hydrogens is 264 g/mol. The summed E-state index contributed by atoms with van der Waals surface area (Å²) in [6.45, 7) is 7.10. The van der Waals surface area contributed by atoms with Crippen molar-refractivity contribution >= 4 is 6.03 Å². The highest BCUT2D eigenvalue weighted by Crippen LogP contribution is 2.34. The molecule has 0 aromatic carbocycles. The first kappa shape index (κ1) is 16.6. The van der Waals surface area contributed by atoms with Crippen molar-refractivity contribution in [1.29, 1.82) is 0 Å². The fourth-order valence-electron chi connectivity index (χ4n) is 3.68. The Balaban J connectivity index is 1.70. The highest BCUT2D eigenvalue weighted by molar-refractivity contribution is 5.74. The summed E-state index contributed by atoms with van der Waals surface area (Å²) < 4.78 is 0. The third-order valence-corrected chi connectivity index (χ3v) is 5.87. The van der Waals surface area contributed by atoms with E-state index < -0.39 is 0 Å². The average molecular weight is 296 g/mol. The molecule has 0 aromatic heterocycles. The first-order chi connectivity index (χ1) is 10.1. The minimum atomic E-state index is 0.0519. The summed E-state index contributed by atoms with van der Waals surface area (Å²) in [5, 5.41) is 12.7. The van der Waals surface area contributed by atoms with E-state index in [1.54, 1.807) is 0 Å². The van der Waals surface area contributed by atoms with Gasteiger partial charge in [-0.25, -0.2) is 4.79 Å². The molecule has 2 fully saturated rings. The van der Waals surface area contributed by atoms with Gasteiger partial charge < -0.3 is 15.3 Å². The van der Waals surface area contributed by atoms with E-state index in [1.165, 1.54) is 25.7 Å². The molecule has 1 aliphatic carbocycles. The van der Waals surface area contributed by atoms with Crippen LogP contribution in [0.3, 0.4) is 0 Å². The van der Waals surface area contributed by atoms with Crippen molar-refractivity contribution in [2.45, 2.75) is 58.8 Å². The maximum absolute atomic E-state index is 12.2. The minimum absolute atomic E-state index is 0.0519. The molecular formula is C17H32N2O2. The Hall–Kier alpha value is -0.770. The summed E-state index contributed by atoms with van der Waals surface area (Å²) in [5.74, 6) is 1.53. The van der Waals surface area contributed by atoms with Crippen molar-refractivity contribution in [3.8, 4) is 0 Å². The van der Waals surface area contributed by atoms with Gasteiger partial charge >= 0.3 is 6.03 Å².